The molecule has 27 heavy (non-hydrogen) atoms. The highest BCUT2D eigenvalue weighted by Crippen LogP contribution is 2.21. The third-order valence-electron chi connectivity index (χ3n) is 3.80. The molecule has 0 amide bonds. The van der Waals surface area contributed by atoms with Gasteiger partial charge in [0.15, 0.2) is 17.5 Å². The van der Waals surface area contributed by atoms with Crippen molar-refractivity contribution in [1.29, 1.82) is 0 Å². The van der Waals surface area contributed by atoms with Gasteiger partial charge in [-0.25, -0.2) is 17.6 Å². The topological polar surface area (TPSA) is 46.9 Å². The predicted octanol–water partition coefficient (Wildman–Crippen LogP) is 4.04. The van der Waals surface area contributed by atoms with E-state index in [4.69, 9.17) is 0 Å². The van der Waals surface area contributed by atoms with Gasteiger partial charge in [-0.05, 0) is 42.3 Å². The number of aromatic nitrogens is 2. The Labute approximate surface area is 149 Å². The number of hydrogen-bond acceptors (Lipinski definition) is 3. The van der Waals surface area contributed by atoms with Crippen LogP contribution >= 0.6 is 0 Å². The molecule has 3 aromatic rings. The average Bonchev–Trinajstić information content (AvgIpc) is 2.60. The first-order valence-electron chi connectivity index (χ1n) is 7.68. The molecule has 4 nitrogen and oxygen atoms in total. The van der Waals surface area contributed by atoms with Gasteiger partial charge in [-0.1, -0.05) is 6.07 Å². The SMILES string of the molecule is Cc1ccc(F)cc1Nc1nc(=O)c(F)cn1Cc1cc(F)c(F)c(F)c1. The summed E-state index contributed by atoms with van der Waals surface area (Å²) in [5.74, 6) is -6.37. The van der Waals surface area contributed by atoms with Gasteiger partial charge in [-0.3, -0.25) is 4.79 Å². The first-order valence-corrected chi connectivity index (χ1v) is 7.68. The Balaban J connectivity index is 2.04. The van der Waals surface area contributed by atoms with E-state index in [1.807, 2.05) is 0 Å². The molecule has 2 aromatic carbocycles. The van der Waals surface area contributed by atoms with Crippen LogP contribution in [0.3, 0.4) is 0 Å². The molecule has 0 saturated heterocycles. The van der Waals surface area contributed by atoms with Crippen molar-refractivity contribution in [2.75, 3.05) is 5.32 Å². The number of aryl methyl sites for hydroxylation is 1. The van der Waals surface area contributed by atoms with Crippen LogP contribution in [0.1, 0.15) is 11.1 Å². The third kappa shape index (κ3) is 3.97. The minimum Gasteiger partial charge on any atom is -0.325 e. The molecule has 0 unspecified atom stereocenters. The highest BCUT2D eigenvalue weighted by Gasteiger charge is 2.14. The molecule has 0 aliphatic carbocycles. The van der Waals surface area contributed by atoms with E-state index in [9.17, 15) is 26.7 Å². The van der Waals surface area contributed by atoms with Gasteiger partial charge in [0, 0.05) is 11.9 Å². The number of rotatable bonds is 4. The number of nitrogens with one attached hydrogen (secondary N) is 1. The lowest BCUT2D eigenvalue weighted by atomic mass is 10.2. The van der Waals surface area contributed by atoms with E-state index in [0.717, 1.165) is 29.0 Å². The van der Waals surface area contributed by atoms with Crippen molar-refractivity contribution >= 4 is 11.6 Å². The normalized spacial score (nSPS) is 10.9. The molecule has 0 atom stereocenters. The number of anilines is 2. The zero-order chi connectivity index (χ0) is 19.7. The van der Waals surface area contributed by atoms with Crippen molar-refractivity contribution in [3.05, 3.63) is 87.1 Å². The largest absolute Gasteiger partial charge is 0.325 e. The Morgan fingerprint density at radius 1 is 1.00 bits per heavy atom. The van der Waals surface area contributed by atoms with E-state index >= 15 is 0 Å². The maximum Gasteiger partial charge on any atom is 0.310 e. The number of nitrogens with zero attached hydrogens (tertiary/aromatic N) is 2. The van der Waals surface area contributed by atoms with Crippen molar-refractivity contribution in [1.82, 2.24) is 9.55 Å². The van der Waals surface area contributed by atoms with Crippen LogP contribution in [0.2, 0.25) is 0 Å². The molecule has 140 valence electrons. The fraction of sp³-hybridized carbons (Fsp3) is 0.111. The average molecular weight is 381 g/mol. The van der Waals surface area contributed by atoms with Gasteiger partial charge in [0.1, 0.15) is 5.82 Å². The van der Waals surface area contributed by atoms with E-state index in [-0.39, 0.29) is 23.7 Å². The summed E-state index contributed by atoms with van der Waals surface area (Å²) in [6, 6.07) is 5.34. The van der Waals surface area contributed by atoms with Crippen LogP contribution in [0.25, 0.3) is 0 Å². The zero-order valence-electron chi connectivity index (χ0n) is 13.9. The zero-order valence-corrected chi connectivity index (χ0v) is 13.9. The van der Waals surface area contributed by atoms with Gasteiger partial charge in [0.25, 0.3) is 0 Å². The maximum absolute atomic E-state index is 13.7. The van der Waals surface area contributed by atoms with Crippen molar-refractivity contribution in [2.45, 2.75) is 13.5 Å². The Morgan fingerprint density at radius 2 is 1.67 bits per heavy atom. The molecule has 1 N–H and O–H groups in total. The third-order valence-corrected chi connectivity index (χ3v) is 3.80. The second kappa shape index (κ2) is 7.18. The van der Waals surface area contributed by atoms with Gasteiger partial charge in [0.2, 0.25) is 11.8 Å². The second-order valence-corrected chi connectivity index (χ2v) is 5.80. The van der Waals surface area contributed by atoms with E-state index in [0.29, 0.717) is 5.56 Å². The Kier molecular flexibility index (Phi) is 4.93. The molecule has 0 spiro atoms. The summed E-state index contributed by atoms with van der Waals surface area (Å²) in [6.45, 7) is 1.34. The fourth-order valence-corrected chi connectivity index (χ4v) is 2.43. The molecule has 1 aromatic heterocycles. The predicted molar refractivity (Wildman–Crippen MR) is 88.3 cm³/mol. The molecule has 0 fully saturated rings. The van der Waals surface area contributed by atoms with Crippen LogP contribution in [-0.4, -0.2) is 9.55 Å². The quantitative estimate of drug-likeness (QED) is 0.548. The van der Waals surface area contributed by atoms with Gasteiger partial charge < -0.3 is 9.88 Å². The smallest absolute Gasteiger partial charge is 0.310 e. The summed E-state index contributed by atoms with van der Waals surface area (Å²) < 4.78 is 68.1. The first kappa shape index (κ1) is 18.6. The lowest BCUT2D eigenvalue weighted by Gasteiger charge is -2.15. The molecule has 0 aliphatic heterocycles. The van der Waals surface area contributed by atoms with E-state index in [1.54, 1.807) is 6.92 Å². The molecule has 9 heteroatoms. The fourth-order valence-electron chi connectivity index (χ4n) is 2.43. The molecular formula is C18H12F5N3O. The molecule has 0 saturated carbocycles. The Bertz CT molecular complexity index is 1060. The lowest BCUT2D eigenvalue weighted by Crippen LogP contribution is -2.20. The highest BCUT2D eigenvalue weighted by atomic mass is 19.2. The minimum absolute atomic E-state index is 0.0322. The first-order chi connectivity index (χ1) is 12.7. The summed E-state index contributed by atoms with van der Waals surface area (Å²) in [5.41, 5.74) is -0.325. The molecule has 0 aliphatic rings. The molecular weight excluding hydrogens is 369 g/mol. The van der Waals surface area contributed by atoms with E-state index in [1.165, 1.54) is 12.1 Å². The van der Waals surface area contributed by atoms with Gasteiger partial charge in [-0.15, -0.1) is 0 Å². The summed E-state index contributed by atoms with van der Waals surface area (Å²) in [6.07, 6.45) is 0.783. The molecule has 1 heterocycles. The van der Waals surface area contributed by atoms with Crippen LogP contribution in [0.15, 0.2) is 41.3 Å². The Morgan fingerprint density at radius 3 is 2.33 bits per heavy atom. The van der Waals surface area contributed by atoms with E-state index in [2.05, 4.69) is 10.3 Å². The van der Waals surface area contributed by atoms with Gasteiger partial charge in [-0.2, -0.15) is 9.37 Å². The molecule has 0 radical (unpaired) electrons. The number of halogens is 5. The summed E-state index contributed by atoms with van der Waals surface area (Å²) >= 11 is 0. The molecule has 3 rings (SSSR count). The Hall–Kier alpha value is -3.23. The van der Waals surface area contributed by atoms with Crippen molar-refractivity contribution < 1.29 is 22.0 Å². The van der Waals surface area contributed by atoms with Crippen molar-refractivity contribution in [3.8, 4) is 0 Å². The van der Waals surface area contributed by atoms with Crippen LogP contribution in [0.5, 0.6) is 0 Å². The number of benzene rings is 2. The number of hydrogen-bond donors (Lipinski definition) is 1. The highest BCUT2D eigenvalue weighted by molar-refractivity contribution is 5.58. The molecule has 0 bridgehead atoms. The summed E-state index contributed by atoms with van der Waals surface area (Å²) in [4.78, 5) is 15.1. The van der Waals surface area contributed by atoms with Gasteiger partial charge >= 0.3 is 5.56 Å². The summed E-state index contributed by atoms with van der Waals surface area (Å²) in [5, 5.41) is 2.69. The monoisotopic (exact) mass is 381 g/mol. The van der Waals surface area contributed by atoms with Gasteiger partial charge in [0.05, 0.1) is 6.54 Å². The lowest BCUT2D eigenvalue weighted by molar-refractivity contribution is 0.444. The van der Waals surface area contributed by atoms with Crippen LogP contribution in [0.4, 0.5) is 33.6 Å². The van der Waals surface area contributed by atoms with Crippen LogP contribution in [-0.2, 0) is 6.54 Å². The maximum atomic E-state index is 13.7. The van der Waals surface area contributed by atoms with Crippen LogP contribution in [0, 0.1) is 36.0 Å². The minimum atomic E-state index is -1.63. The second-order valence-electron chi connectivity index (χ2n) is 5.80. The van der Waals surface area contributed by atoms with Crippen molar-refractivity contribution in [2.24, 2.45) is 0 Å². The van der Waals surface area contributed by atoms with E-state index < -0.39 is 34.6 Å². The van der Waals surface area contributed by atoms with Crippen LogP contribution < -0.4 is 10.9 Å². The standard InChI is InChI=1S/C18H12F5N3O/c1-9-2-3-11(19)6-15(9)24-18-25-17(27)14(22)8-26(18)7-10-4-12(20)16(23)13(21)5-10/h2-6,8H,7H2,1H3,(H,24,25,27). The van der Waals surface area contributed by atoms with Crippen molar-refractivity contribution in [3.63, 3.8) is 0 Å². The summed E-state index contributed by atoms with van der Waals surface area (Å²) in [7, 11) is 0.